The van der Waals surface area contributed by atoms with E-state index in [1.54, 1.807) is 25.1 Å². The second-order valence-corrected chi connectivity index (χ2v) is 6.79. The van der Waals surface area contributed by atoms with Gasteiger partial charge in [0, 0.05) is 6.42 Å². The minimum atomic E-state index is -0.281. The molecular weight excluding hydrogens is 364 g/mol. The third kappa shape index (κ3) is 3.80. The van der Waals surface area contributed by atoms with E-state index in [2.05, 4.69) is 5.10 Å². The first kappa shape index (κ1) is 18.6. The van der Waals surface area contributed by atoms with Gasteiger partial charge < -0.3 is 4.74 Å². The highest BCUT2D eigenvalue weighted by atomic mass is 16.5. The van der Waals surface area contributed by atoms with Crippen LogP contribution < -0.4 is 9.75 Å². The minimum Gasteiger partial charge on any atom is -0.427 e. The molecule has 0 aliphatic carbocycles. The number of esters is 1. The maximum atomic E-state index is 13.0. The second-order valence-electron chi connectivity index (χ2n) is 6.79. The van der Waals surface area contributed by atoms with Gasteiger partial charge in [-0.25, -0.2) is 0 Å². The summed E-state index contributed by atoms with van der Waals surface area (Å²) >= 11 is 0. The molecular formula is C24H20N2O3. The Hall–Kier alpha value is -3.73. The molecule has 0 radical (unpaired) electrons. The van der Waals surface area contributed by atoms with Gasteiger partial charge in [-0.05, 0) is 53.6 Å². The predicted octanol–water partition coefficient (Wildman–Crippen LogP) is 4.96. The van der Waals surface area contributed by atoms with E-state index in [0.29, 0.717) is 23.5 Å². The van der Waals surface area contributed by atoms with Gasteiger partial charge in [-0.1, -0.05) is 49.4 Å². The molecule has 3 aromatic carbocycles. The zero-order valence-corrected chi connectivity index (χ0v) is 16.3. The summed E-state index contributed by atoms with van der Waals surface area (Å²) in [5.41, 5.74) is 2.76. The van der Waals surface area contributed by atoms with Crippen molar-refractivity contribution in [2.75, 3.05) is 5.01 Å². The first-order valence-electron chi connectivity index (χ1n) is 9.46. The number of fused-ring (bicyclic) bond motifs is 1. The van der Waals surface area contributed by atoms with Crippen molar-refractivity contribution in [3.63, 3.8) is 0 Å². The van der Waals surface area contributed by atoms with Crippen molar-refractivity contribution in [1.29, 1.82) is 0 Å². The molecule has 0 saturated carbocycles. The Balaban J connectivity index is 1.58. The predicted molar refractivity (Wildman–Crippen MR) is 115 cm³/mol. The number of nitrogens with zero attached hydrogens (tertiary/aromatic N) is 2. The van der Waals surface area contributed by atoms with Gasteiger partial charge in [-0.15, -0.1) is 0 Å². The highest BCUT2D eigenvalue weighted by Gasteiger charge is 2.28. The maximum absolute atomic E-state index is 13.0. The standard InChI is InChI=1S/C24H20N2O3/c1-3-23(27)29-21-12-8-17(9-13-21)14-22-16(2)25-26(24(22)28)20-11-10-18-6-4-5-7-19(18)15-20/h4-15H,3H2,1-2H3/b22-14-. The molecule has 5 heteroatoms. The molecule has 1 aliphatic heterocycles. The number of hydrogen-bond donors (Lipinski definition) is 0. The molecule has 4 rings (SSSR count). The Kier molecular flexibility index (Phi) is 4.96. The lowest BCUT2D eigenvalue weighted by Crippen LogP contribution is -2.21. The van der Waals surface area contributed by atoms with Crippen molar-refractivity contribution >= 4 is 40.1 Å². The number of ether oxygens (including phenoxy) is 1. The molecule has 0 aromatic heterocycles. The van der Waals surface area contributed by atoms with Gasteiger partial charge >= 0.3 is 5.97 Å². The van der Waals surface area contributed by atoms with E-state index in [1.165, 1.54) is 5.01 Å². The van der Waals surface area contributed by atoms with Crippen LogP contribution in [0.3, 0.4) is 0 Å². The Bertz CT molecular complexity index is 1160. The van der Waals surface area contributed by atoms with Crippen LogP contribution in [0, 0.1) is 0 Å². The summed E-state index contributed by atoms with van der Waals surface area (Å²) in [6.07, 6.45) is 2.12. The molecule has 1 heterocycles. The van der Waals surface area contributed by atoms with Crippen LogP contribution in [0.25, 0.3) is 16.8 Å². The number of rotatable bonds is 4. The van der Waals surface area contributed by atoms with Gasteiger partial charge in [0.2, 0.25) is 0 Å². The largest absolute Gasteiger partial charge is 0.427 e. The molecule has 1 aliphatic rings. The molecule has 0 N–H and O–H groups in total. The maximum Gasteiger partial charge on any atom is 0.310 e. The van der Waals surface area contributed by atoms with Crippen LogP contribution in [0.1, 0.15) is 25.8 Å². The summed E-state index contributed by atoms with van der Waals surface area (Å²) in [4.78, 5) is 24.4. The number of hydrazone groups is 1. The molecule has 0 spiro atoms. The summed E-state index contributed by atoms with van der Waals surface area (Å²) in [6, 6.07) is 20.9. The highest BCUT2D eigenvalue weighted by Crippen LogP contribution is 2.28. The summed E-state index contributed by atoms with van der Waals surface area (Å²) in [6.45, 7) is 3.57. The van der Waals surface area contributed by atoms with Crippen molar-refractivity contribution < 1.29 is 14.3 Å². The van der Waals surface area contributed by atoms with E-state index >= 15 is 0 Å². The average molecular weight is 384 g/mol. The lowest BCUT2D eigenvalue weighted by atomic mass is 10.1. The molecule has 0 bridgehead atoms. The van der Waals surface area contributed by atoms with Crippen LogP contribution >= 0.6 is 0 Å². The average Bonchev–Trinajstić information content (AvgIpc) is 3.03. The number of amides is 1. The third-order valence-electron chi connectivity index (χ3n) is 4.75. The van der Waals surface area contributed by atoms with Gasteiger partial charge in [0.25, 0.3) is 5.91 Å². The van der Waals surface area contributed by atoms with Crippen molar-refractivity contribution in [3.8, 4) is 5.75 Å². The Labute approximate surface area is 168 Å². The second kappa shape index (κ2) is 7.72. The van der Waals surface area contributed by atoms with Crippen LogP contribution in [-0.2, 0) is 9.59 Å². The summed E-state index contributed by atoms with van der Waals surface area (Å²) in [5, 5.41) is 8.06. The van der Waals surface area contributed by atoms with Crippen LogP contribution in [0.15, 0.2) is 77.4 Å². The van der Waals surface area contributed by atoms with E-state index in [-0.39, 0.29) is 11.9 Å². The summed E-state index contributed by atoms with van der Waals surface area (Å²) < 4.78 is 5.18. The van der Waals surface area contributed by atoms with Crippen LogP contribution in [0.5, 0.6) is 5.75 Å². The lowest BCUT2D eigenvalue weighted by Gasteiger charge is -2.12. The zero-order valence-electron chi connectivity index (χ0n) is 16.3. The van der Waals surface area contributed by atoms with Crippen molar-refractivity contribution in [2.45, 2.75) is 20.3 Å². The SMILES string of the molecule is CCC(=O)Oc1ccc(/C=C2\C(=O)N(c3ccc4ccccc4c3)N=C2C)cc1. The van der Waals surface area contributed by atoms with Crippen LogP contribution in [-0.4, -0.2) is 17.6 Å². The molecule has 144 valence electrons. The molecule has 0 unspecified atom stereocenters. The Morgan fingerprint density at radius 3 is 2.48 bits per heavy atom. The van der Waals surface area contributed by atoms with E-state index in [9.17, 15) is 9.59 Å². The van der Waals surface area contributed by atoms with Gasteiger partial charge in [0.1, 0.15) is 5.75 Å². The molecule has 0 fully saturated rings. The number of hydrogen-bond acceptors (Lipinski definition) is 4. The van der Waals surface area contributed by atoms with E-state index in [4.69, 9.17) is 4.74 Å². The van der Waals surface area contributed by atoms with Crippen molar-refractivity contribution in [2.24, 2.45) is 5.10 Å². The molecule has 5 nitrogen and oxygen atoms in total. The van der Waals surface area contributed by atoms with Gasteiger partial charge in [-0.2, -0.15) is 10.1 Å². The topological polar surface area (TPSA) is 59.0 Å². The third-order valence-corrected chi connectivity index (χ3v) is 4.75. The van der Waals surface area contributed by atoms with Crippen LogP contribution in [0.4, 0.5) is 5.69 Å². The molecule has 0 saturated heterocycles. The van der Waals surface area contributed by atoms with Gasteiger partial charge in [-0.3, -0.25) is 9.59 Å². The fourth-order valence-electron chi connectivity index (χ4n) is 3.17. The van der Waals surface area contributed by atoms with Crippen molar-refractivity contribution in [3.05, 3.63) is 77.9 Å². The van der Waals surface area contributed by atoms with E-state index in [0.717, 1.165) is 22.0 Å². The summed E-state index contributed by atoms with van der Waals surface area (Å²) in [7, 11) is 0. The number of carbonyl (C=O) groups excluding carboxylic acids is 2. The smallest absolute Gasteiger partial charge is 0.310 e. The summed E-state index contributed by atoms with van der Waals surface area (Å²) in [5.74, 6) is 0.0373. The Morgan fingerprint density at radius 1 is 1.03 bits per heavy atom. The first-order chi connectivity index (χ1) is 14.0. The van der Waals surface area contributed by atoms with Gasteiger partial charge in [0.15, 0.2) is 0 Å². The number of carbonyl (C=O) groups is 2. The van der Waals surface area contributed by atoms with Crippen LogP contribution in [0.2, 0.25) is 0 Å². The molecule has 1 amide bonds. The first-order valence-corrected chi connectivity index (χ1v) is 9.46. The molecule has 29 heavy (non-hydrogen) atoms. The zero-order chi connectivity index (χ0) is 20.4. The fraction of sp³-hybridized carbons (Fsp3) is 0.125. The van der Waals surface area contributed by atoms with E-state index in [1.807, 2.05) is 61.5 Å². The quantitative estimate of drug-likeness (QED) is 0.363. The highest BCUT2D eigenvalue weighted by molar-refractivity contribution is 6.32. The molecule has 3 aromatic rings. The lowest BCUT2D eigenvalue weighted by molar-refractivity contribution is -0.134. The Morgan fingerprint density at radius 2 is 1.76 bits per heavy atom. The fourth-order valence-corrected chi connectivity index (χ4v) is 3.17. The van der Waals surface area contributed by atoms with Gasteiger partial charge in [0.05, 0.1) is 17.0 Å². The molecule has 0 atom stereocenters. The van der Waals surface area contributed by atoms with Crippen molar-refractivity contribution in [1.82, 2.24) is 0 Å². The minimum absolute atomic E-state index is 0.167. The normalized spacial score (nSPS) is 15.1. The number of anilines is 1. The number of benzene rings is 3. The van der Waals surface area contributed by atoms with E-state index < -0.39 is 0 Å². The monoisotopic (exact) mass is 384 g/mol.